The van der Waals surface area contributed by atoms with E-state index in [9.17, 15) is 21.6 Å². The van der Waals surface area contributed by atoms with Crippen LogP contribution in [-0.4, -0.2) is 36.0 Å². The summed E-state index contributed by atoms with van der Waals surface area (Å²) in [6.45, 7) is 0. The standard InChI is InChI=1S/C22H19N3O5S2/c1-25(19-10-6-16(15-23)7-11-19)32(29,30)21-5-3-4-17(14-21)22(26)24-18-8-12-20(13-9-18)31(2,27)28/h3-14H,1-2H3,(H,24,26). The van der Waals surface area contributed by atoms with Crippen LogP contribution in [0.3, 0.4) is 0 Å². The summed E-state index contributed by atoms with van der Waals surface area (Å²) in [5.74, 6) is -0.546. The van der Waals surface area contributed by atoms with Crippen LogP contribution in [0.4, 0.5) is 11.4 Å². The number of anilines is 2. The molecule has 0 aliphatic rings. The molecule has 0 fully saturated rings. The van der Waals surface area contributed by atoms with Gasteiger partial charge in [-0.05, 0) is 66.7 Å². The molecule has 0 radical (unpaired) electrons. The third-order valence-corrected chi connectivity index (χ3v) is 7.56. The molecule has 10 heteroatoms. The molecule has 0 saturated heterocycles. The van der Waals surface area contributed by atoms with Gasteiger partial charge in [-0.25, -0.2) is 16.8 Å². The number of hydrogen-bond donors (Lipinski definition) is 1. The van der Waals surface area contributed by atoms with Crippen molar-refractivity contribution in [3.63, 3.8) is 0 Å². The highest BCUT2D eigenvalue weighted by Crippen LogP contribution is 2.23. The predicted molar refractivity (Wildman–Crippen MR) is 121 cm³/mol. The minimum Gasteiger partial charge on any atom is -0.322 e. The lowest BCUT2D eigenvalue weighted by atomic mass is 10.2. The summed E-state index contributed by atoms with van der Waals surface area (Å²) >= 11 is 0. The van der Waals surface area contributed by atoms with Crippen molar-refractivity contribution in [1.82, 2.24) is 0 Å². The number of benzene rings is 3. The number of carbonyl (C=O) groups is 1. The zero-order valence-electron chi connectivity index (χ0n) is 17.2. The fourth-order valence-corrected chi connectivity index (χ4v) is 4.70. The summed E-state index contributed by atoms with van der Waals surface area (Å²) < 4.78 is 50.2. The van der Waals surface area contributed by atoms with Gasteiger partial charge in [0.1, 0.15) is 0 Å². The lowest BCUT2D eigenvalue weighted by molar-refractivity contribution is 0.102. The molecule has 164 valence electrons. The lowest BCUT2D eigenvalue weighted by Gasteiger charge is -2.20. The van der Waals surface area contributed by atoms with Crippen molar-refractivity contribution in [2.75, 3.05) is 22.9 Å². The van der Waals surface area contributed by atoms with Crippen molar-refractivity contribution in [3.8, 4) is 6.07 Å². The van der Waals surface area contributed by atoms with Gasteiger partial charge in [-0.1, -0.05) is 6.07 Å². The summed E-state index contributed by atoms with van der Waals surface area (Å²) in [6.07, 6.45) is 1.08. The van der Waals surface area contributed by atoms with Crippen molar-refractivity contribution in [3.05, 3.63) is 83.9 Å². The van der Waals surface area contributed by atoms with E-state index in [1.807, 2.05) is 6.07 Å². The highest BCUT2D eigenvalue weighted by atomic mass is 32.2. The summed E-state index contributed by atoms with van der Waals surface area (Å²) in [5, 5.41) is 11.5. The maximum atomic E-state index is 13.0. The molecule has 1 N–H and O–H groups in total. The lowest BCUT2D eigenvalue weighted by Crippen LogP contribution is -2.26. The van der Waals surface area contributed by atoms with Crippen LogP contribution >= 0.6 is 0 Å². The Morgan fingerprint density at radius 1 is 0.906 bits per heavy atom. The van der Waals surface area contributed by atoms with E-state index in [0.717, 1.165) is 10.6 Å². The number of nitriles is 1. The van der Waals surface area contributed by atoms with Gasteiger partial charge in [0.05, 0.1) is 27.1 Å². The van der Waals surface area contributed by atoms with E-state index in [1.54, 1.807) is 0 Å². The first-order chi connectivity index (χ1) is 15.0. The van der Waals surface area contributed by atoms with Crippen LogP contribution in [0.25, 0.3) is 0 Å². The highest BCUT2D eigenvalue weighted by Gasteiger charge is 2.22. The second kappa shape index (κ2) is 8.82. The van der Waals surface area contributed by atoms with Crippen LogP contribution in [0.5, 0.6) is 0 Å². The SMILES string of the molecule is CN(c1ccc(C#N)cc1)S(=O)(=O)c1cccc(C(=O)Nc2ccc(S(C)(=O)=O)cc2)c1. The molecule has 0 bridgehead atoms. The van der Waals surface area contributed by atoms with E-state index < -0.39 is 25.8 Å². The predicted octanol–water partition coefficient (Wildman–Crippen LogP) is 3.04. The Morgan fingerprint density at radius 3 is 2.09 bits per heavy atom. The monoisotopic (exact) mass is 469 g/mol. The Bertz CT molecular complexity index is 1410. The van der Waals surface area contributed by atoms with E-state index >= 15 is 0 Å². The molecule has 0 aliphatic carbocycles. The smallest absolute Gasteiger partial charge is 0.264 e. The average molecular weight is 470 g/mol. The van der Waals surface area contributed by atoms with Crippen LogP contribution in [-0.2, 0) is 19.9 Å². The van der Waals surface area contributed by atoms with Crippen molar-refractivity contribution in [2.24, 2.45) is 0 Å². The van der Waals surface area contributed by atoms with Gasteiger partial charge in [0.25, 0.3) is 15.9 Å². The fourth-order valence-electron chi connectivity index (χ4n) is 2.83. The topological polar surface area (TPSA) is 124 Å². The van der Waals surface area contributed by atoms with Crippen LogP contribution in [0, 0.1) is 11.3 Å². The van der Waals surface area contributed by atoms with Gasteiger partial charge in [0, 0.05) is 24.6 Å². The van der Waals surface area contributed by atoms with Crippen molar-refractivity contribution in [2.45, 2.75) is 9.79 Å². The van der Waals surface area contributed by atoms with Crippen molar-refractivity contribution < 1.29 is 21.6 Å². The summed E-state index contributed by atoms with van der Waals surface area (Å²) in [4.78, 5) is 12.7. The van der Waals surface area contributed by atoms with E-state index in [1.165, 1.54) is 79.8 Å². The second-order valence-electron chi connectivity index (χ2n) is 6.91. The number of carbonyl (C=O) groups excluding carboxylic acids is 1. The zero-order valence-corrected chi connectivity index (χ0v) is 18.8. The first-order valence-electron chi connectivity index (χ1n) is 9.23. The molecule has 3 rings (SSSR count). The molecule has 3 aromatic carbocycles. The van der Waals surface area contributed by atoms with E-state index in [0.29, 0.717) is 16.9 Å². The first kappa shape index (κ1) is 23.0. The van der Waals surface area contributed by atoms with Crippen LogP contribution in [0.2, 0.25) is 0 Å². The molecule has 8 nitrogen and oxygen atoms in total. The molecule has 0 spiro atoms. The van der Waals surface area contributed by atoms with Crippen LogP contribution in [0.15, 0.2) is 82.6 Å². The summed E-state index contributed by atoms with van der Waals surface area (Å²) in [6, 6.07) is 19.3. The van der Waals surface area contributed by atoms with E-state index in [4.69, 9.17) is 5.26 Å². The Kier molecular flexibility index (Phi) is 6.34. The number of sulfonamides is 1. The van der Waals surface area contributed by atoms with Crippen LogP contribution in [0.1, 0.15) is 15.9 Å². The third-order valence-electron chi connectivity index (χ3n) is 4.65. The maximum absolute atomic E-state index is 13.0. The number of nitrogens with zero attached hydrogens (tertiary/aromatic N) is 2. The molecule has 32 heavy (non-hydrogen) atoms. The average Bonchev–Trinajstić information content (AvgIpc) is 2.78. The molecule has 0 saturated carbocycles. The largest absolute Gasteiger partial charge is 0.322 e. The van der Waals surface area contributed by atoms with Gasteiger partial charge in [-0.2, -0.15) is 5.26 Å². The highest BCUT2D eigenvalue weighted by molar-refractivity contribution is 7.92. The second-order valence-corrected chi connectivity index (χ2v) is 10.9. The molecular weight excluding hydrogens is 450 g/mol. The molecule has 3 aromatic rings. The molecule has 0 aromatic heterocycles. The van der Waals surface area contributed by atoms with E-state index in [-0.39, 0.29) is 15.4 Å². The van der Waals surface area contributed by atoms with Gasteiger partial charge in [0.2, 0.25) is 0 Å². The molecule has 0 unspecified atom stereocenters. The Balaban J connectivity index is 1.83. The Hall–Kier alpha value is -3.68. The summed E-state index contributed by atoms with van der Waals surface area (Å²) in [5.41, 5.74) is 1.25. The number of sulfone groups is 1. The molecule has 0 heterocycles. The number of hydrogen-bond acceptors (Lipinski definition) is 6. The van der Waals surface area contributed by atoms with E-state index in [2.05, 4.69) is 5.32 Å². The van der Waals surface area contributed by atoms with Crippen LogP contribution < -0.4 is 9.62 Å². The Morgan fingerprint density at radius 2 is 1.53 bits per heavy atom. The van der Waals surface area contributed by atoms with Gasteiger partial charge >= 0.3 is 0 Å². The van der Waals surface area contributed by atoms with Gasteiger partial charge in [-0.3, -0.25) is 9.10 Å². The minimum atomic E-state index is -3.96. The van der Waals surface area contributed by atoms with Gasteiger partial charge in [-0.15, -0.1) is 0 Å². The number of amides is 1. The minimum absolute atomic E-state index is 0.0792. The fraction of sp³-hybridized carbons (Fsp3) is 0.0909. The zero-order chi connectivity index (χ0) is 23.5. The molecule has 0 atom stereocenters. The third kappa shape index (κ3) is 4.96. The quantitative estimate of drug-likeness (QED) is 0.592. The maximum Gasteiger partial charge on any atom is 0.264 e. The number of nitrogens with one attached hydrogen (secondary N) is 1. The molecule has 0 aliphatic heterocycles. The molecular formula is C22H19N3O5S2. The Labute approximate surface area is 186 Å². The van der Waals surface area contributed by atoms with Crippen molar-refractivity contribution >= 4 is 37.1 Å². The summed E-state index contributed by atoms with van der Waals surface area (Å²) in [7, 11) is -5.93. The van der Waals surface area contributed by atoms with Gasteiger partial charge < -0.3 is 5.32 Å². The molecule has 1 amide bonds. The van der Waals surface area contributed by atoms with Gasteiger partial charge in [0.15, 0.2) is 9.84 Å². The normalized spacial score (nSPS) is 11.4. The first-order valence-corrected chi connectivity index (χ1v) is 12.6. The number of rotatable bonds is 6. The van der Waals surface area contributed by atoms with Crippen molar-refractivity contribution in [1.29, 1.82) is 5.26 Å².